The van der Waals surface area contributed by atoms with Gasteiger partial charge in [-0.1, -0.05) is 38.5 Å². The molecule has 1 aromatic carbocycles. The third-order valence-corrected chi connectivity index (χ3v) is 4.73. The second-order valence-corrected chi connectivity index (χ2v) is 7.97. The Bertz CT molecular complexity index is 860. The smallest absolute Gasteiger partial charge is 0.359 e. The Labute approximate surface area is 160 Å². The minimum Gasteiger partial charge on any atom is -0.461 e. The van der Waals surface area contributed by atoms with Crippen LogP contribution in [-0.4, -0.2) is 39.7 Å². The number of amides is 1. The number of carbonyl (C=O) groups excluding carboxylic acids is 2. The van der Waals surface area contributed by atoms with E-state index in [9.17, 15) is 9.59 Å². The lowest BCUT2D eigenvalue weighted by molar-refractivity contribution is -0.140. The maximum atomic E-state index is 12.7. The Balaban J connectivity index is 2.04. The molecule has 0 fully saturated rings. The lowest BCUT2D eigenvalue weighted by Gasteiger charge is -2.32. The van der Waals surface area contributed by atoms with E-state index in [-0.39, 0.29) is 12.5 Å². The normalized spacial score (nSPS) is 14.0. The zero-order valence-electron chi connectivity index (χ0n) is 16.7. The van der Waals surface area contributed by atoms with E-state index in [0.717, 1.165) is 22.5 Å². The van der Waals surface area contributed by atoms with Crippen LogP contribution in [0.1, 0.15) is 55.0 Å². The molecule has 0 spiro atoms. The van der Waals surface area contributed by atoms with Gasteiger partial charge in [0.2, 0.25) is 5.91 Å². The zero-order chi connectivity index (χ0) is 19.8. The standard InChI is InChI=1S/C21H27N3O3/c1-6-27-19(25)18-16-13-23(20(26)21(3,4)5)12-11-17(16)24(22-18)15-9-7-14(2)8-10-15/h7-10H,6,11-13H2,1-5H3. The van der Waals surface area contributed by atoms with E-state index in [1.807, 2.05) is 61.5 Å². The van der Waals surface area contributed by atoms with Crippen molar-refractivity contribution in [2.24, 2.45) is 5.41 Å². The van der Waals surface area contributed by atoms with Gasteiger partial charge in [0.15, 0.2) is 5.69 Å². The van der Waals surface area contributed by atoms with Gasteiger partial charge < -0.3 is 9.64 Å². The van der Waals surface area contributed by atoms with Gasteiger partial charge >= 0.3 is 5.97 Å². The predicted octanol–water partition coefficient (Wildman–Crippen LogP) is 3.29. The van der Waals surface area contributed by atoms with Gasteiger partial charge in [0, 0.05) is 30.5 Å². The monoisotopic (exact) mass is 369 g/mol. The fraction of sp³-hybridized carbons (Fsp3) is 0.476. The average molecular weight is 369 g/mol. The molecule has 6 heteroatoms. The van der Waals surface area contributed by atoms with Gasteiger partial charge in [-0.15, -0.1) is 0 Å². The van der Waals surface area contributed by atoms with E-state index in [2.05, 4.69) is 5.10 Å². The first kappa shape index (κ1) is 19.1. The highest BCUT2D eigenvalue weighted by Gasteiger charge is 2.34. The third kappa shape index (κ3) is 3.75. The van der Waals surface area contributed by atoms with Crippen LogP contribution >= 0.6 is 0 Å². The summed E-state index contributed by atoms with van der Waals surface area (Å²) < 4.78 is 7.03. The molecule has 0 bridgehead atoms. The molecule has 1 aliphatic heterocycles. The Morgan fingerprint density at radius 3 is 2.44 bits per heavy atom. The molecule has 0 saturated carbocycles. The molecule has 1 aromatic heterocycles. The molecular formula is C21H27N3O3. The van der Waals surface area contributed by atoms with E-state index in [1.165, 1.54) is 0 Å². The van der Waals surface area contributed by atoms with E-state index in [0.29, 0.717) is 25.2 Å². The number of ether oxygens (including phenoxy) is 1. The van der Waals surface area contributed by atoms with Crippen LogP contribution in [0.5, 0.6) is 0 Å². The van der Waals surface area contributed by atoms with E-state index in [1.54, 1.807) is 6.92 Å². The number of fused-ring (bicyclic) bond motifs is 1. The summed E-state index contributed by atoms with van der Waals surface area (Å²) in [6.07, 6.45) is 0.650. The number of carbonyl (C=O) groups is 2. The molecular weight excluding hydrogens is 342 g/mol. The summed E-state index contributed by atoms with van der Waals surface area (Å²) in [5, 5.41) is 4.57. The van der Waals surface area contributed by atoms with Crippen LogP contribution in [0.2, 0.25) is 0 Å². The van der Waals surface area contributed by atoms with Gasteiger partial charge in [-0.05, 0) is 26.0 Å². The molecule has 0 saturated heterocycles. The second-order valence-electron chi connectivity index (χ2n) is 7.97. The zero-order valence-corrected chi connectivity index (χ0v) is 16.7. The molecule has 2 heterocycles. The quantitative estimate of drug-likeness (QED) is 0.779. The Morgan fingerprint density at radius 1 is 1.19 bits per heavy atom. The van der Waals surface area contributed by atoms with Gasteiger partial charge in [0.05, 0.1) is 18.0 Å². The summed E-state index contributed by atoms with van der Waals surface area (Å²) in [5.74, 6) is -0.365. The largest absolute Gasteiger partial charge is 0.461 e. The fourth-order valence-electron chi connectivity index (χ4n) is 3.33. The summed E-state index contributed by atoms with van der Waals surface area (Å²) in [6, 6.07) is 8.02. The topological polar surface area (TPSA) is 64.4 Å². The maximum Gasteiger partial charge on any atom is 0.359 e. The van der Waals surface area contributed by atoms with Crippen molar-refractivity contribution in [2.45, 2.75) is 47.6 Å². The maximum absolute atomic E-state index is 12.7. The minimum absolute atomic E-state index is 0.0750. The number of esters is 1. The molecule has 144 valence electrons. The lowest BCUT2D eigenvalue weighted by Crippen LogP contribution is -2.42. The van der Waals surface area contributed by atoms with Crippen molar-refractivity contribution < 1.29 is 14.3 Å². The van der Waals surface area contributed by atoms with Crippen LogP contribution in [0, 0.1) is 12.3 Å². The molecule has 2 aromatic rings. The average Bonchev–Trinajstić information content (AvgIpc) is 3.00. The molecule has 0 radical (unpaired) electrons. The van der Waals surface area contributed by atoms with Crippen molar-refractivity contribution in [3.8, 4) is 5.69 Å². The second kappa shape index (κ2) is 7.18. The van der Waals surface area contributed by atoms with E-state index in [4.69, 9.17) is 4.74 Å². The highest BCUT2D eigenvalue weighted by atomic mass is 16.5. The molecule has 0 unspecified atom stereocenters. The lowest BCUT2D eigenvalue weighted by atomic mass is 9.93. The predicted molar refractivity (Wildman–Crippen MR) is 103 cm³/mol. The highest BCUT2D eigenvalue weighted by molar-refractivity contribution is 5.90. The van der Waals surface area contributed by atoms with E-state index < -0.39 is 11.4 Å². The minimum atomic E-state index is -0.464. The van der Waals surface area contributed by atoms with Gasteiger partial charge in [-0.3, -0.25) is 4.79 Å². The Hall–Kier alpha value is -2.63. The molecule has 1 aliphatic rings. The van der Waals surface area contributed by atoms with Crippen molar-refractivity contribution in [1.29, 1.82) is 0 Å². The number of nitrogens with zero attached hydrogens (tertiary/aromatic N) is 3. The first-order chi connectivity index (χ1) is 12.7. The molecule has 0 aliphatic carbocycles. The van der Waals surface area contributed by atoms with Crippen LogP contribution in [0.15, 0.2) is 24.3 Å². The number of rotatable bonds is 3. The molecule has 27 heavy (non-hydrogen) atoms. The number of aryl methyl sites for hydroxylation is 1. The molecule has 1 amide bonds. The van der Waals surface area contributed by atoms with Crippen LogP contribution in [0.3, 0.4) is 0 Å². The summed E-state index contributed by atoms with van der Waals surface area (Å²) in [5.41, 5.74) is 3.67. The van der Waals surface area contributed by atoms with Gasteiger partial charge in [-0.25, -0.2) is 9.48 Å². The number of hydrogen-bond acceptors (Lipinski definition) is 4. The molecule has 6 nitrogen and oxygen atoms in total. The van der Waals surface area contributed by atoms with Gasteiger partial charge in [0.1, 0.15) is 0 Å². The van der Waals surface area contributed by atoms with Crippen LogP contribution in [0.25, 0.3) is 5.69 Å². The van der Waals surface area contributed by atoms with Crippen LogP contribution in [0.4, 0.5) is 0 Å². The van der Waals surface area contributed by atoms with Crippen LogP contribution in [-0.2, 0) is 22.5 Å². The number of aromatic nitrogens is 2. The van der Waals surface area contributed by atoms with Crippen molar-refractivity contribution >= 4 is 11.9 Å². The first-order valence-electron chi connectivity index (χ1n) is 9.36. The number of benzene rings is 1. The highest BCUT2D eigenvalue weighted by Crippen LogP contribution is 2.29. The van der Waals surface area contributed by atoms with Crippen LogP contribution < -0.4 is 0 Å². The van der Waals surface area contributed by atoms with Crippen molar-refractivity contribution in [1.82, 2.24) is 14.7 Å². The van der Waals surface area contributed by atoms with Gasteiger partial charge in [0.25, 0.3) is 0 Å². The Morgan fingerprint density at radius 2 is 1.85 bits per heavy atom. The summed E-state index contributed by atoms with van der Waals surface area (Å²) in [4.78, 5) is 27.0. The molecule has 0 atom stereocenters. The fourth-order valence-corrected chi connectivity index (χ4v) is 3.33. The number of hydrogen-bond donors (Lipinski definition) is 0. The Kier molecular flexibility index (Phi) is 5.09. The molecule has 0 N–H and O–H groups in total. The van der Waals surface area contributed by atoms with Gasteiger partial charge in [-0.2, -0.15) is 5.10 Å². The summed E-state index contributed by atoms with van der Waals surface area (Å²) in [7, 11) is 0. The summed E-state index contributed by atoms with van der Waals surface area (Å²) >= 11 is 0. The molecule has 3 rings (SSSR count). The van der Waals surface area contributed by atoms with E-state index >= 15 is 0 Å². The van der Waals surface area contributed by atoms with Crippen molar-refractivity contribution in [3.63, 3.8) is 0 Å². The van der Waals surface area contributed by atoms with Crippen molar-refractivity contribution in [2.75, 3.05) is 13.2 Å². The summed E-state index contributed by atoms with van der Waals surface area (Å²) in [6.45, 7) is 10.8. The SMILES string of the molecule is CCOC(=O)c1nn(-c2ccc(C)cc2)c2c1CN(C(=O)C(C)(C)C)CC2. The first-order valence-corrected chi connectivity index (χ1v) is 9.36. The van der Waals surface area contributed by atoms with Crippen molar-refractivity contribution in [3.05, 3.63) is 46.8 Å². The third-order valence-electron chi connectivity index (χ3n) is 4.73.